The van der Waals surface area contributed by atoms with E-state index >= 15 is 0 Å². The van der Waals surface area contributed by atoms with Crippen LogP contribution in [0.5, 0.6) is 5.75 Å². The van der Waals surface area contributed by atoms with Gasteiger partial charge in [-0.2, -0.15) is 0 Å². The molecule has 0 saturated carbocycles. The van der Waals surface area contributed by atoms with Crippen molar-refractivity contribution in [1.29, 1.82) is 0 Å². The molecule has 0 spiro atoms. The smallest absolute Gasteiger partial charge is 0.335 e. The van der Waals surface area contributed by atoms with Crippen molar-refractivity contribution in [2.75, 3.05) is 0 Å². The summed E-state index contributed by atoms with van der Waals surface area (Å²) in [6, 6.07) is 6.24. The first-order valence-electron chi connectivity index (χ1n) is 5.00. The number of carbonyl (C=O) groups is 1. The summed E-state index contributed by atoms with van der Waals surface area (Å²) in [5, 5.41) is 18.1. The van der Waals surface area contributed by atoms with Gasteiger partial charge >= 0.3 is 5.97 Å². The van der Waals surface area contributed by atoms with Crippen molar-refractivity contribution < 1.29 is 23.8 Å². The maximum atomic E-state index is 13.6. The molecule has 0 aliphatic heterocycles. The fourth-order valence-electron chi connectivity index (χ4n) is 1.61. The third kappa shape index (κ3) is 2.29. The second-order valence-electron chi connectivity index (χ2n) is 3.70. The standard InChI is InChI=1S/C13H8F2O3/c14-9-3-8(4-10(16)6-9)11-5-7(13(17)18)1-2-12(11)15/h1-6,16H,(H,17,18). The maximum Gasteiger partial charge on any atom is 0.335 e. The fraction of sp³-hybridized carbons (Fsp3) is 0. The predicted octanol–water partition coefficient (Wildman–Crippen LogP) is 3.04. The van der Waals surface area contributed by atoms with Crippen LogP contribution >= 0.6 is 0 Å². The molecule has 0 aliphatic rings. The lowest BCUT2D eigenvalue weighted by atomic mass is 10.0. The third-order valence-electron chi connectivity index (χ3n) is 2.41. The summed E-state index contributed by atoms with van der Waals surface area (Å²) in [4.78, 5) is 10.8. The van der Waals surface area contributed by atoms with Gasteiger partial charge in [-0.25, -0.2) is 13.6 Å². The number of aromatic hydroxyl groups is 1. The Kier molecular flexibility index (Phi) is 2.97. The Morgan fingerprint density at radius 3 is 2.39 bits per heavy atom. The van der Waals surface area contributed by atoms with E-state index in [1.54, 1.807) is 0 Å². The van der Waals surface area contributed by atoms with E-state index in [9.17, 15) is 18.7 Å². The van der Waals surface area contributed by atoms with Gasteiger partial charge in [-0.05, 0) is 35.9 Å². The zero-order valence-electron chi connectivity index (χ0n) is 9.02. The number of hydrogen-bond acceptors (Lipinski definition) is 2. The van der Waals surface area contributed by atoms with Crippen molar-refractivity contribution in [2.45, 2.75) is 0 Å². The number of aromatic carboxylic acids is 1. The molecule has 92 valence electrons. The van der Waals surface area contributed by atoms with Crippen LogP contribution in [0.2, 0.25) is 0 Å². The molecule has 5 heteroatoms. The lowest BCUT2D eigenvalue weighted by molar-refractivity contribution is 0.0697. The number of phenols is 1. The summed E-state index contributed by atoms with van der Waals surface area (Å²) < 4.78 is 26.7. The molecule has 0 heterocycles. The molecular weight excluding hydrogens is 242 g/mol. The molecule has 0 amide bonds. The van der Waals surface area contributed by atoms with E-state index < -0.39 is 17.6 Å². The van der Waals surface area contributed by atoms with Crippen LogP contribution in [0.4, 0.5) is 8.78 Å². The van der Waals surface area contributed by atoms with Gasteiger partial charge in [0.05, 0.1) is 5.56 Å². The van der Waals surface area contributed by atoms with Crippen molar-refractivity contribution >= 4 is 5.97 Å². The molecule has 0 atom stereocenters. The van der Waals surface area contributed by atoms with Crippen molar-refractivity contribution in [3.8, 4) is 16.9 Å². The molecule has 0 unspecified atom stereocenters. The zero-order valence-corrected chi connectivity index (χ0v) is 9.02. The number of carboxylic acid groups (broad SMARTS) is 1. The summed E-state index contributed by atoms with van der Waals surface area (Å²) in [5.74, 6) is -2.99. The van der Waals surface area contributed by atoms with Crippen molar-refractivity contribution in [1.82, 2.24) is 0 Å². The highest BCUT2D eigenvalue weighted by Gasteiger charge is 2.11. The quantitative estimate of drug-likeness (QED) is 0.861. The van der Waals surface area contributed by atoms with E-state index in [1.807, 2.05) is 0 Å². The van der Waals surface area contributed by atoms with Crippen LogP contribution in [-0.2, 0) is 0 Å². The third-order valence-corrected chi connectivity index (χ3v) is 2.41. The van der Waals surface area contributed by atoms with Gasteiger partial charge in [0.25, 0.3) is 0 Å². The summed E-state index contributed by atoms with van der Waals surface area (Å²) in [7, 11) is 0. The summed E-state index contributed by atoms with van der Waals surface area (Å²) in [5.41, 5.74) is -0.118. The largest absolute Gasteiger partial charge is 0.508 e. The molecule has 0 aromatic heterocycles. The lowest BCUT2D eigenvalue weighted by Gasteiger charge is -2.06. The Morgan fingerprint density at radius 2 is 1.78 bits per heavy atom. The number of hydrogen-bond donors (Lipinski definition) is 2. The minimum atomic E-state index is -1.21. The molecule has 0 aliphatic carbocycles. The molecule has 0 radical (unpaired) electrons. The van der Waals surface area contributed by atoms with Crippen molar-refractivity contribution in [2.24, 2.45) is 0 Å². The zero-order chi connectivity index (χ0) is 13.3. The van der Waals surface area contributed by atoms with Gasteiger partial charge < -0.3 is 10.2 Å². The molecule has 0 bridgehead atoms. The van der Waals surface area contributed by atoms with Crippen LogP contribution in [0.25, 0.3) is 11.1 Å². The summed E-state index contributed by atoms with van der Waals surface area (Å²) in [6.07, 6.45) is 0. The van der Waals surface area contributed by atoms with Gasteiger partial charge in [0, 0.05) is 11.6 Å². The molecule has 2 aromatic rings. The second-order valence-corrected chi connectivity index (χ2v) is 3.70. The minimum Gasteiger partial charge on any atom is -0.508 e. The Labute approximate surface area is 101 Å². The second kappa shape index (κ2) is 4.44. The Bertz CT molecular complexity index is 603. The van der Waals surface area contributed by atoms with Gasteiger partial charge in [0.2, 0.25) is 0 Å². The van der Waals surface area contributed by atoms with E-state index in [-0.39, 0.29) is 22.4 Å². The normalized spacial score (nSPS) is 10.3. The highest BCUT2D eigenvalue weighted by molar-refractivity contribution is 5.89. The van der Waals surface area contributed by atoms with E-state index in [1.165, 1.54) is 0 Å². The van der Waals surface area contributed by atoms with Crippen LogP contribution in [0.3, 0.4) is 0 Å². The Morgan fingerprint density at radius 1 is 1.06 bits per heavy atom. The summed E-state index contributed by atoms with van der Waals surface area (Å²) in [6.45, 7) is 0. The molecule has 0 fully saturated rings. The maximum absolute atomic E-state index is 13.6. The number of halogens is 2. The first-order valence-corrected chi connectivity index (χ1v) is 5.00. The van der Waals surface area contributed by atoms with Gasteiger partial charge in [0.1, 0.15) is 17.4 Å². The number of carboxylic acids is 1. The first-order chi connectivity index (χ1) is 8.47. The van der Waals surface area contributed by atoms with Gasteiger partial charge in [-0.15, -0.1) is 0 Å². The average Bonchev–Trinajstić information content (AvgIpc) is 2.27. The highest BCUT2D eigenvalue weighted by atomic mass is 19.1. The van der Waals surface area contributed by atoms with Crippen LogP contribution in [0.1, 0.15) is 10.4 Å². The number of rotatable bonds is 2. The topological polar surface area (TPSA) is 57.5 Å². The molecule has 2 rings (SSSR count). The molecule has 3 nitrogen and oxygen atoms in total. The van der Waals surface area contributed by atoms with Crippen LogP contribution in [0, 0.1) is 11.6 Å². The highest BCUT2D eigenvalue weighted by Crippen LogP contribution is 2.28. The predicted molar refractivity (Wildman–Crippen MR) is 60.4 cm³/mol. The molecular formula is C13H8F2O3. The summed E-state index contributed by atoms with van der Waals surface area (Å²) >= 11 is 0. The molecule has 2 aromatic carbocycles. The van der Waals surface area contributed by atoms with E-state index in [0.29, 0.717) is 0 Å². The van der Waals surface area contributed by atoms with Gasteiger partial charge in [0.15, 0.2) is 0 Å². The van der Waals surface area contributed by atoms with E-state index in [2.05, 4.69) is 0 Å². The van der Waals surface area contributed by atoms with Crippen molar-refractivity contribution in [3.63, 3.8) is 0 Å². The van der Waals surface area contributed by atoms with Crippen molar-refractivity contribution in [3.05, 3.63) is 53.6 Å². The Hall–Kier alpha value is -2.43. The van der Waals surface area contributed by atoms with Gasteiger partial charge in [-0.3, -0.25) is 0 Å². The van der Waals surface area contributed by atoms with Crippen LogP contribution in [0.15, 0.2) is 36.4 Å². The molecule has 0 saturated heterocycles. The Balaban J connectivity index is 2.62. The monoisotopic (exact) mass is 250 g/mol. The molecule has 18 heavy (non-hydrogen) atoms. The average molecular weight is 250 g/mol. The number of phenolic OH excluding ortho intramolecular Hbond substituents is 1. The lowest BCUT2D eigenvalue weighted by Crippen LogP contribution is -1.97. The van der Waals surface area contributed by atoms with E-state index in [0.717, 1.165) is 36.4 Å². The fourth-order valence-corrected chi connectivity index (χ4v) is 1.61. The van der Waals surface area contributed by atoms with Gasteiger partial charge in [-0.1, -0.05) is 0 Å². The minimum absolute atomic E-state index is 0.0769. The number of benzene rings is 2. The van der Waals surface area contributed by atoms with Crippen LogP contribution < -0.4 is 0 Å². The SMILES string of the molecule is O=C(O)c1ccc(F)c(-c2cc(O)cc(F)c2)c1. The van der Waals surface area contributed by atoms with Crippen LogP contribution in [-0.4, -0.2) is 16.2 Å². The molecule has 2 N–H and O–H groups in total. The van der Waals surface area contributed by atoms with E-state index in [4.69, 9.17) is 5.11 Å². The first kappa shape index (κ1) is 12.0.